The van der Waals surface area contributed by atoms with Gasteiger partial charge in [-0.2, -0.15) is 0 Å². The van der Waals surface area contributed by atoms with Crippen LogP contribution in [-0.4, -0.2) is 68.8 Å². The molecule has 2 rings (SSSR count). The molecule has 7 nitrogen and oxygen atoms in total. The van der Waals surface area contributed by atoms with Crippen molar-refractivity contribution in [3.8, 4) is 11.5 Å². The van der Waals surface area contributed by atoms with Gasteiger partial charge in [-0.15, -0.1) is 0 Å². The van der Waals surface area contributed by atoms with Crippen molar-refractivity contribution >= 4 is 12.0 Å². The predicted molar refractivity (Wildman–Crippen MR) is 88.4 cm³/mol. The summed E-state index contributed by atoms with van der Waals surface area (Å²) >= 11 is 0. The lowest BCUT2D eigenvalue weighted by Gasteiger charge is -2.34. The van der Waals surface area contributed by atoms with Crippen molar-refractivity contribution in [3.05, 3.63) is 23.8 Å². The summed E-state index contributed by atoms with van der Waals surface area (Å²) in [4.78, 5) is 27.6. The lowest BCUT2D eigenvalue weighted by molar-refractivity contribution is -0.132. The Hall–Kier alpha value is -2.44. The Morgan fingerprint density at radius 3 is 2.29 bits per heavy atom. The first-order valence-corrected chi connectivity index (χ1v) is 7.99. The predicted octanol–water partition coefficient (Wildman–Crippen LogP) is 1.55. The zero-order chi connectivity index (χ0) is 17.5. The van der Waals surface area contributed by atoms with Crippen molar-refractivity contribution < 1.29 is 23.8 Å². The summed E-state index contributed by atoms with van der Waals surface area (Å²) in [7, 11) is 3.16. The maximum Gasteiger partial charge on any atom is 0.409 e. The second-order valence-corrected chi connectivity index (χ2v) is 5.42. The first-order valence-electron chi connectivity index (χ1n) is 7.99. The van der Waals surface area contributed by atoms with Gasteiger partial charge in [0.25, 0.3) is 0 Å². The van der Waals surface area contributed by atoms with Crippen LogP contribution in [0.25, 0.3) is 0 Å². The summed E-state index contributed by atoms with van der Waals surface area (Å²) in [5.41, 5.74) is 0.816. The van der Waals surface area contributed by atoms with E-state index in [4.69, 9.17) is 14.2 Å². The lowest BCUT2D eigenvalue weighted by Crippen LogP contribution is -2.51. The van der Waals surface area contributed by atoms with Gasteiger partial charge in [-0.25, -0.2) is 4.79 Å². The van der Waals surface area contributed by atoms with Gasteiger partial charge in [0.2, 0.25) is 5.91 Å². The number of methoxy groups -OCH3 is 2. The summed E-state index contributed by atoms with van der Waals surface area (Å²) in [6.07, 6.45) is -0.0616. The number of piperazine rings is 1. The van der Waals surface area contributed by atoms with Crippen LogP contribution in [0, 0.1) is 0 Å². The van der Waals surface area contributed by atoms with Gasteiger partial charge in [0.15, 0.2) is 0 Å². The molecule has 0 N–H and O–H groups in total. The van der Waals surface area contributed by atoms with Crippen molar-refractivity contribution in [2.45, 2.75) is 13.3 Å². The fourth-order valence-corrected chi connectivity index (χ4v) is 2.63. The normalized spacial score (nSPS) is 14.3. The van der Waals surface area contributed by atoms with Crippen LogP contribution < -0.4 is 9.47 Å². The average Bonchev–Trinajstić information content (AvgIpc) is 2.62. The molecule has 0 spiro atoms. The topological polar surface area (TPSA) is 68.3 Å². The maximum atomic E-state index is 12.5. The minimum Gasteiger partial charge on any atom is -0.497 e. The van der Waals surface area contributed by atoms with Gasteiger partial charge in [0.05, 0.1) is 27.2 Å². The Balaban J connectivity index is 1.93. The van der Waals surface area contributed by atoms with Crippen molar-refractivity contribution in [1.82, 2.24) is 9.80 Å². The smallest absolute Gasteiger partial charge is 0.409 e. The van der Waals surface area contributed by atoms with Crippen molar-refractivity contribution in [3.63, 3.8) is 0 Å². The van der Waals surface area contributed by atoms with Gasteiger partial charge in [-0.05, 0) is 13.0 Å². The molecule has 1 heterocycles. The Kier molecular flexibility index (Phi) is 6.28. The third kappa shape index (κ3) is 4.31. The van der Waals surface area contributed by atoms with Crippen LogP contribution in [0.4, 0.5) is 4.79 Å². The van der Waals surface area contributed by atoms with E-state index in [0.717, 1.165) is 5.56 Å². The van der Waals surface area contributed by atoms with Crippen molar-refractivity contribution in [2.75, 3.05) is 47.0 Å². The Labute approximate surface area is 142 Å². The number of amides is 2. The monoisotopic (exact) mass is 336 g/mol. The van der Waals surface area contributed by atoms with Crippen LogP contribution in [-0.2, 0) is 16.0 Å². The SMILES string of the molecule is CCOC(=O)N1CCN(C(=O)Cc2ccc(OC)cc2OC)CC1. The van der Waals surface area contributed by atoms with Crippen LogP contribution in [0.5, 0.6) is 11.5 Å². The molecule has 1 aliphatic rings. The van der Waals surface area contributed by atoms with Crippen LogP contribution in [0.3, 0.4) is 0 Å². The van der Waals surface area contributed by atoms with Gasteiger partial charge in [-0.1, -0.05) is 6.07 Å². The fourth-order valence-electron chi connectivity index (χ4n) is 2.63. The summed E-state index contributed by atoms with van der Waals surface area (Å²) in [6, 6.07) is 5.41. The van der Waals surface area contributed by atoms with E-state index in [0.29, 0.717) is 44.3 Å². The number of nitrogens with zero attached hydrogens (tertiary/aromatic N) is 2. The lowest BCUT2D eigenvalue weighted by atomic mass is 10.1. The Morgan fingerprint density at radius 1 is 1.04 bits per heavy atom. The molecule has 24 heavy (non-hydrogen) atoms. The number of carbonyl (C=O) groups excluding carboxylic acids is 2. The summed E-state index contributed by atoms with van der Waals surface area (Å²) in [5.74, 6) is 1.33. The van der Waals surface area contributed by atoms with Crippen LogP contribution in [0.1, 0.15) is 12.5 Å². The van der Waals surface area contributed by atoms with Gasteiger partial charge in [-0.3, -0.25) is 4.79 Å². The van der Waals surface area contributed by atoms with Crippen LogP contribution in [0.2, 0.25) is 0 Å². The number of carbonyl (C=O) groups is 2. The van der Waals surface area contributed by atoms with E-state index in [1.807, 2.05) is 12.1 Å². The van der Waals surface area contributed by atoms with Crippen LogP contribution >= 0.6 is 0 Å². The first kappa shape index (κ1) is 17.9. The highest BCUT2D eigenvalue weighted by Crippen LogP contribution is 2.25. The molecule has 0 atom stereocenters. The zero-order valence-corrected chi connectivity index (χ0v) is 14.4. The Morgan fingerprint density at radius 2 is 1.71 bits per heavy atom. The second-order valence-electron chi connectivity index (χ2n) is 5.42. The number of hydrogen-bond donors (Lipinski definition) is 0. The van der Waals surface area contributed by atoms with Gasteiger partial charge < -0.3 is 24.0 Å². The minimum absolute atomic E-state index is 0.0157. The molecule has 2 amide bonds. The molecule has 1 fully saturated rings. The third-order valence-corrected chi connectivity index (χ3v) is 3.99. The number of ether oxygens (including phenoxy) is 3. The molecule has 1 aliphatic heterocycles. The fraction of sp³-hybridized carbons (Fsp3) is 0.529. The van der Waals surface area contributed by atoms with E-state index < -0.39 is 0 Å². The largest absolute Gasteiger partial charge is 0.497 e. The molecule has 1 saturated heterocycles. The van der Waals surface area contributed by atoms with Crippen molar-refractivity contribution in [2.24, 2.45) is 0 Å². The molecule has 1 aromatic carbocycles. The molecule has 0 aliphatic carbocycles. The van der Waals surface area contributed by atoms with Crippen LogP contribution in [0.15, 0.2) is 18.2 Å². The number of benzene rings is 1. The molecule has 132 valence electrons. The highest BCUT2D eigenvalue weighted by molar-refractivity contribution is 5.80. The molecular weight excluding hydrogens is 312 g/mol. The minimum atomic E-state index is -0.318. The average molecular weight is 336 g/mol. The van der Waals surface area contributed by atoms with E-state index in [2.05, 4.69) is 0 Å². The van der Waals surface area contributed by atoms with E-state index in [1.165, 1.54) is 0 Å². The molecule has 0 radical (unpaired) electrons. The summed E-state index contributed by atoms with van der Waals surface area (Å²) < 4.78 is 15.5. The first-order chi connectivity index (χ1) is 11.6. The molecule has 7 heteroatoms. The molecular formula is C17H24N2O5. The van der Waals surface area contributed by atoms with Gasteiger partial charge in [0.1, 0.15) is 11.5 Å². The third-order valence-electron chi connectivity index (χ3n) is 3.99. The quantitative estimate of drug-likeness (QED) is 0.816. The van der Waals surface area contributed by atoms with E-state index >= 15 is 0 Å². The molecule has 1 aromatic rings. The Bertz CT molecular complexity index is 582. The van der Waals surface area contributed by atoms with Crippen molar-refractivity contribution in [1.29, 1.82) is 0 Å². The van der Waals surface area contributed by atoms with Gasteiger partial charge in [0, 0.05) is 37.8 Å². The molecule has 0 unspecified atom stereocenters. The number of rotatable bonds is 5. The standard InChI is InChI=1S/C17H24N2O5/c1-4-24-17(21)19-9-7-18(8-10-19)16(20)11-13-5-6-14(22-2)12-15(13)23-3/h5-6,12H,4,7-11H2,1-3H3. The van der Waals surface area contributed by atoms with Gasteiger partial charge >= 0.3 is 6.09 Å². The highest BCUT2D eigenvalue weighted by atomic mass is 16.6. The van der Waals surface area contributed by atoms with E-state index in [9.17, 15) is 9.59 Å². The summed E-state index contributed by atoms with van der Waals surface area (Å²) in [5, 5.41) is 0. The number of hydrogen-bond acceptors (Lipinski definition) is 5. The molecule has 0 aromatic heterocycles. The second kappa shape index (κ2) is 8.42. The molecule has 0 bridgehead atoms. The summed E-state index contributed by atoms with van der Waals surface area (Å²) in [6.45, 7) is 4.13. The van der Waals surface area contributed by atoms with E-state index in [1.54, 1.807) is 37.0 Å². The molecule has 0 saturated carbocycles. The van der Waals surface area contributed by atoms with E-state index in [-0.39, 0.29) is 18.4 Å². The highest BCUT2D eigenvalue weighted by Gasteiger charge is 2.25. The maximum absolute atomic E-state index is 12.5. The zero-order valence-electron chi connectivity index (χ0n) is 14.4.